The van der Waals surface area contributed by atoms with E-state index < -0.39 is 11.7 Å². The van der Waals surface area contributed by atoms with Gasteiger partial charge in [0.1, 0.15) is 5.82 Å². The average Bonchev–Trinajstić information content (AvgIpc) is 2.77. The maximum absolute atomic E-state index is 13.7. The number of primary amides is 1. The molecule has 0 saturated carbocycles. The Labute approximate surface area is 115 Å². The molecule has 0 spiro atoms. The molecule has 0 saturated heterocycles. The van der Waals surface area contributed by atoms with E-state index in [9.17, 15) is 9.18 Å². The summed E-state index contributed by atoms with van der Waals surface area (Å²) < 4.78 is 15.4. The van der Waals surface area contributed by atoms with Crippen molar-refractivity contribution >= 4 is 17.3 Å². The number of benzene rings is 1. The van der Waals surface area contributed by atoms with Crippen molar-refractivity contribution in [1.82, 2.24) is 9.78 Å². The van der Waals surface area contributed by atoms with Gasteiger partial charge in [-0.05, 0) is 18.2 Å². The third-order valence-electron chi connectivity index (χ3n) is 2.87. The highest BCUT2D eigenvalue weighted by atomic mass is 19.1. The van der Waals surface area contributed by atoms with E-state index in [-0.39, 0.29) is 16.9 Å². The SMILES string of the molecule is Cn1ccc(CCNc2cc(C(N)=O)c(N)cc2F)n1. The van der Waals surface area contributed by atoms with Crippen LogP contribution in [0.25, 0.3) is 0 Å². The summed E-state index contributed by atoms with van der Waals surface area (Å²) >= 11 is 0. The number of amides is 1. The lowest BCUT2D eigenvalue weighted by molar-refractivity contribution is 0.100. The second kappa shape index (κ2) is 5.60. The minimum Gasteiger partial charge on any atom is -0.398 e. The number of carbonyl (C=O) groups is 1. The fourth-order valence-electron chi connectivity index (χ4n) is 1.86. The number of nitrogens with zero attached hydrogens (tertiary/aromatic N) is 2. The van der Waals surface area contributed by atoms with Crippen molar-refractivity contribution in [3.8, 4) is 0 Å². The number of anilines is 2. The molecule has 6 nitrogen and oxygen atoms in total. The van der Waals surface area contributed by atoms with Crippen LogP contribution in [0.5, 0.6) is 0 Å². The summed E-state index contributed by atoms with van der Waals surface area (Å²) in [7, 11) is 1.83. The van der Waals surface area contributed by atoms with E-state index >= 15 is 0 Å². The number of aromatic nitrogens is 2. The fourth-order valence-corrected chi connectivity index (χ4v) is 1.86. The number of hydrogen-bond acceptors (Lipinski definition) is 4. The standard InChI is InChI=1S/C13H16FN5O/c1-19-5-3-8(18-19)2-4-17-12-6-9(13(16)20)11(15)7-10(12)14/h3,5-7,17H,2,4,15H2,1H3,(H2,16,20). The van der Waals surface area contributed by atoms with Crippen molar-refractivity contribution in [1.29, 1.82) is 0 Å². The molecule has 0 aliphatic carbocycles. The summed E-state index contributed by atoms with van der Waals surface area (Å²) in [5, 5.41) is 7.12. The molecule has 0 fully saturated rings. The molecule has 2 rings (SSSR count). The van der Waals surface area contributed by atoms with Crippen LogP contribution < -0.4 is 16.8 Å². The van der Waals surface area contributed by atoms with Crippen LogP contribution in [0.1, 0.15) is 16.1 Å². The molecule has 1 heterocycles. The van der Waals surface area contributed by atoms with E-state index in [4.69, 9.17) is 11.5 Å². The molecule has 1 aromatic carbocycles. The van der Waals surface area contributed by atoms with Crippen LogP contribution in [0.2, 0.25) is 0 Å². The van der Waals surface area contributed by atoms with Gasteiger partial charge in [0.25, 0.3) is 5.91 Å². The van der Waals surface area contributed by atoms with E-state index in [0.717, 1.165) is 11.8 Å². The number of nitrogens with one attached hydrogen (secondary N) is 1. The molecule has 20 heavy (non-hydrogen) atoms. The van der Waals surface area contributed by atoms with Gasteiger partial charge in [-0.15, -0.1) is 0 Å². The first kappa shape index (κ1) is 13.9. The average molecular weight is 277 g/mol. The lowest BCUT2D eigenvalue weighted by atomic mass is 10.1. The number of halogens is 1. The quantitative estimate of drug-likeness (QED) is 0.707. The molecular formula is C13H16FN5O. The van der Waals surface area contributed by atoms with E-state index in [1.807, 2.05) is 19.3 Å². The van der Waals surface area contributed by atoms with Crippen molar-refractivity contribution in [2.24, 2.45) is 12.8 Å². The Morgan fingerprint density at radius 1 is 1.50 bits per heavy atom. The Bertz CT molecular complexity index is 638. The molecule has 1 aromatic heterocycles. The third kappa shape index (κ3) is 3.05. The Morgan fingerprint density at radius 2 is 2.25 bits per heavy atom. The zero-order valence-corrected chi connectivity index (χ0v) is 11.1. The molecule has 1 amide bonds. The van der Waals surface area contributed by atoms with Gasteiger partial charge >= 0.3 is 0 Å². The van der Waals surface area contributed by atoms with E-state index in [1.54, 1.807) is 4.68 Å². The number of nitrogens with two attached hydrogens (primary N) is 2. The van der Waals surface area contributed by atoms with Crippen LogP contribution in [-0.2, 0) is 13.5 Å². The molecule has 0 unspecified atom stereocenters. The monoisotopic (exact) mass is 277 g/mol. The second-order valence-electron chi connectivity index (χ2n) is 4.44. The topological polar surface area (TPSA) is 99.0 Å². The maximum atomic E-state index is 13.7. The highest BCUT2D eigenvalue weighted by molar-refractivity contribution is 5.99. The van der Waals surface area contributed by atoms with Crippen molar-refractivity contribution < 1.29 is 9.18 Å². The van der Waals surface area contributed by atoms with Gasteiger partial charge in [0.2, 0.25) is 0 Å². The first-order valence-corrected chi connectivity index (χ1v) is 6.08. The van der Waals surface area contributed by atoms with Crippen LogP contribution in [0.4, 0.5) is 15.8 Å². The van der Waals surface area contributed by atoms with Crippen molar-refractivity contribution in [3.05, 3.63) is 41.5 Å². The number of hydrogen-bond donors (Lipinski definition) is 3. The van der Waals surface area contributed by atoms with Crippen molar-refractivity contribution in [2.45, 2.75) is 6.42 Å². The lowest BCUT2D eigenvalue weighted by Crippen LogP contribution is -2.15. The summed E-state index contributed by atoms with van der Waals surface area (Å²) in [5.74, 6) is -1.20. The van der Waals surface area contributed by atoms with Crippen LogP contribution >= 0.6 is 0 Å². The van der Waals surface area contributed by atoms with Gasteiger partial charge < -0.3 is 16.8 Å². The van der Waals surface area contributed by atoms with Crippen LogP contribution in [0.15, 0.2) is 24.4 Å². The van der Waals surface area contributed by atoms with Gasteiger partial charge in [0, 0.05) is 31.9 Å². The summed E-state index contributed by atoms with van der Waals surface area (Å²) in [6.45, 7) is 0.482. The predicted octanol–water partition coefficient (Wildman–Crippen LogP) is 0.895. The van der Waals surface area contributed by atoms with E-state index in [2.05, 4.69) is 10.4 Å². The summed E-state index contributed by atoms with van der Waals surface area (Å²) in [6.07, 6.45) is 2.47. The molecule has 106 valence electrons. The van der Waals surface area contributed by atoms with Crippen LogP contribution in [0.3, 0.4) is 0 Å². The largest absolute Gasteiger partial charge is 0.398 e. The van der Waals surface area contributed by atoms with Gasteiger partial charge in [-0.25, -0.2) is 4.39 Å². The summed E-state index contributed by atoms with van der Waals surface area (Å²) in [5.41, 5.74) is 11.9. The lowest BCUT2D eigenvalue weighted by Gasteiger charge is -2.10. The van der Waals surface area contributed by atoms with Gasteiger partial charge in [-0.2, -0.15) is 5.10 Å². The Balaban J connectivity index is 2.05. The van der Waals surface area contributed by atoms with E-state index in [1.165, 1.54) is 6.07 Å². The predicted molar refractivity (Wildman–Crippen MR) is 74.7 cm³/mol. The zero-order chi connectivity index (χ0) is 14.7. The van der Waals surface area contributed by atoms with Crippen molar-refractivity contribution in [3.63, 3.8) is 0 Å². The number of rotatable bonds is 5. The van der Waals surface area contributed by atoms with Gasteiger partial charge in [0.15, 0.2) is 0 Å². The Morgan fingerprint density at radius 3 is 2.85 bits per heavy atom. The first-order chi connectivity index (χ1) is 9.47. The molecule has 0 bridgehead atoms. The zero-order valence-electron chi connectivity index (χ0n) is 11.1. The molecule has 7 heteroatoms. The maximum Gasteiger partial charge on any atom is 0.250 e. The number of nitrogen functional groups attached to an aromatic ring is 1. The van der Waals surface area contributed by atoms with Gasteiger partial charge in [-0.1, -0.05) is 0 Å². The van der Waals surface area contributed by atoms with Crippen LogP contribution in [0, 0.1) is 5.82 Å². The smallest absolute Gasteiger partial charge is 0.250 e. The summed E-state index contributed by atoms with van der Waals surface area (Å²) in [6, 6.07) is 4.30. The molecule has 0 aliphatic heterocycles. The van der Waals surface area contributed by atoms with Gasteiger partial charge in [-0.3, -0.25) is 9.48 Å². The molecule has 0 aliphatic rings. The summed E-state index contributed by atoms with van der Waals surface area (Å²) in [4.78, 5) is 11.2. The van der Waals surface area contributed by atoms with Gasteiger partial charge in [0.05, 0.1) is 16.9 Å². The number of aryl methyl sites for hydroxylation is 1. The molecule has 5 N–H and O–H groups in total. The Kier molecular flexibility index (Phi) is 3.88. The third-order valence-corrected chi connectivity index (χ3v) is 2.87. The minimum atomic E-state index is -0.685. The molecule has 0 radical (unpaired) electrons. The highest BCUT2D eigenvalue weighted by Crippen LogP contribution is 2.21. The van der Waals surface area contributed by atoms with Crippen molar-refractivity contribution in [2.75, 3.05) is 17.6 Å². The minimum absolute atomic E-state index is 0.0327. The fraction of sp³-hybridized carbons (Fsp3) is 0.231. The first-order valence-electron chi connectivity index (χ1n) is 6.08. The molecule has 2 aromatic rings. The van der Waals surface area contributed by atoms with E-state index in [0.29, 0.717) is 13.0 Å². The van der Waals surface area contributed by atoms with Crippen LogP contribution in [-0.4, -0.2) is 22.2 Å². The second-order valence-corrected chi connectivity index (χ2v) is 4.44. The molecule has 0 atom stereocenters. The molecular weight excluding hydrogens is 261 g/mol. The normalized spacial score (nSPS) is 10.5. The highest BCUT2D eigenvalue weighted by Gasteiger charge is 2.11. The number of carbonyl (C=O) groups excluding carboxylic acids is 1. The Hall–Kier alpha value is -2.57.